The van der Waals surface area contributed by atoms with E-state index in [9.17, 15) is 4.79 Å². The zero-order valence-corrected chi connectivity index (χ0v) is 14.3. The summed E-state index contributed by atoms with van der Waals surface area (Å²) in [7, 11) is 0. The Bertz CT molecular complexity index is 655. The number of nitrogens with one attached hydrogen (secondary N) is 2. The van der Waals surface area contributed by atoms with Crippen LogP contribution in [-0.2, 0) is 11.2 Å². The molecule has 2 N–H and O–H groups in total. The normalized spacial score (nSPS) is 16.6. The predicted octanol–water partition coefficient (Wildman–Crippen LogP) is 2.43. The molecule has 0 saturated carbocycles. The first-order valence-corrected chi connectivity index (χ1v) is 8.82. The van der Waals surface area contributed by atoms with E-state index in [4.69, 9.17) is 4.74 Å². The van der Waals surface area contributed by atoms with E-state index in [-0.39, 0.29) is 12.0 Å². The van der Waals surface area contributed by atoms with Crippen LogP contribution in [0.15, 0.2) is 42.5 Å². The van der Waals surface area contributed by atoms with Crippen molar-refractivity contribution in [1.29, 1.82) is 0 Å². The maximum absolute atomic E-state index is 12.1. The third-order valence-electron chi connectivity index (χ3n) is 4.20. The van der Waals surface area contributed by atoms with Crippen molar-refractivity contribution in [2.24, 2.45) is 0 Å². The van der Waals surface area contributed by atoms with Gasteiger partial charge in [0.15, 0.2) is 5.69 Å². The number of carbonyl (C=O) groups excluding carboxylic acids is 1. The molecule has 1 aliphatic heterocycles. The Morgan fingerprint density at radius 2 is 2.04 bits per heavy atom. The minimum Gasteiger partial charge on any atom is -0.376 e. The highest BCUT2D eigenvalue weighted by Crippen LogP contribution is 2.12. The molecule has 132 valence electrons. The summed E-state index contributed by atoms with van der Waals surface area (Å²) in [6.45, 7) is 2.18. The number of ether oxygens (including phenoxy) is 1. The number of rotatable bonds is 8. The van der Waals surface area contributed by atoms with E-state index in [1.54, 1.807) is 12.1 Å². The number of amides is 1. The Balaban J connectivity index is 1.38. The third-order valence-corrected chi connectivity index (χ3v) is 4.20. The standard InChI is InChI=1S/C19H24N4O2/c24-19(20-12-4-8-15-6-2-1-3-7-15)17-10-11-18(23-22-17)21-14-16-9-5-13-25-16/h1-3,6-7,10-11,16H,4-5,8-9,12-14H2,(H,20,24)(H,21,23). The number of aromatic nitrogens is 2. The van der Waals surface area contributed by atoms with Crippen molar-refractivity contribution in [3.8, 4) is 0 Å². The molecule has 0 radical (unpaired) electrons. The van der Waals surface area contributed by atoms with Gasteiger partial charge in [0.05, 0.1) is 6.10 Å². The second-order valence-electron chi connectivity index (χ2n) is 6.16. The lowest BCUT2D eigenvalue weighted by molar-refractivity contribution is 0.0947. The van der Waals surface area contributed by atoms with Crippen LogP contribution in [0.3, 0.4) is 0 Å². The number of anilines is 1. The number of hydrogen-bond acceptors (Lipinski definition) is 5. The van der Waals surface area contributed by atoms with E-state index in [1.807, 2.05) is 18.2 Å². The average Bonchev–Trinajstić information content (AvgIpc) is 3.18. The van der Waals surface area contributed by atoms with E-state index in [0.29, 0.717) is 18.1 Å². The minimum atomic E-state index is -0.189. The zero-order chi connectivity index (χ0) is 17.3. The Morgan fingerprint density at radius 1 is 1.16 bits per heavy atom. The van der Waals surface area contributed by atoms with Gasteiger partial charge in [0.1, 0.15) is 5.82 Å². The number of hydrogen-bond donors (Lipinski definition) is 2. The van der Waals surface area contributed by atoms with Gasteiger partial charge in [-0.15, -0.1) is 10.2 Å². The third kappa shape index (κ3) is 5.53. The van der Waals surface area contributed by atoms with Crippen molar-refractivity contribution in [3.05, 3.63) is 53.7 Å². The van der Waals surface area contributed by atoms with Crippen LogP contribution in [0.1, 0.15) is 35.3 Å². The largest absolute Gasteiger partial charge is 0.376 e. The van der Waals surface area contributed by atoms with Crippen molar-refractivity contribution in [3.63, 3.8) is 0 Å². The summed E-state index contributed by atoms with van der Waals surface area (Å²) >= 11 is 0. The lowest BCUT2D eigenvalue weighted by atomic mass is 10.1. The molecule has 6 heteroatoms. The molecule has 1 fully saturated rings. The highest BCUT2D eigenvalue weighted by atomic mass is 16.5. The molecule has 1 saturated heterocycles. The van der Waals surface area contributed by atoms with E-state index in [2.05, 4.69) is 33.0 Å². The van der Waals surface area contributed by atoms with Crippen LogP contribution in [0.4, 0.5) is 5.82 Å². The number of benzene rings is 1. The first-order chi connectivity index (χ1) is 12.3. The van der Waals surface area contributed by atoms with Crippen LogP contribution >= 0.6 is 0 Å². The topological polar surface area (TPSA) is 76.1 Å². The fourth-order valence-corrected chi connectivity index (χ4v) is 2.80. The highest BCUT2D eigenvalue weighted by molar-refractivity contribution is 5.92. The van der Waals surface area contributed by atoms with E-state index in [1.165, 1.54) is 5.56 Å². The van der Waals surface area contributed by atoms with Gasteiger partial charge < -0.3 is 15.4 Å². The van der Waals surface area contributed by atoms with Crippen LogP contribution < -0.4 is 10.6 Å². The minimum absolute atomic E-state index is 0.189. The summed E-state index contributed by atoms with van der Waals surface area (Å²) in [5, 5.41) is 14.1. The summed E-state index contributed by atoms with van der Waals surface area (Å²) in [6, 6.07) is 13.7. The first kappa shape index (κ1) is 17.4. The molecule has 25 heavy (non-hydrogen) atoms. The summed E-state index contributed by atoms with van der Waals surface area (Å²) in [5.74, 6) is 0.474. The summed E-state index contributed by atoms with van der Waals surface area (Å²) in [6.07, 6.45) is 4.27. The van der Waals surface area contributed by atoms with Crippen LogP contribution in [0.2, 0.25) is 0 Å². The molecule has 6 nitrogen and oxygen atoms in total. The summed E-state index contributed by atoms with van der Waals surface area (Å²) in [4.78, 5) is 12.1. The van der Waals surface area contributed by atoms with Crippen LogP contribution in [0, 0.1) is 0 Å². The fraction of sp³-hybridized carbons (Fsp3) is 0.421. The van der Waals surface area contributed by atoms with Crippen LogP contribution in [-0.4, -0.2) is 41.9 Å². The molecule has 2 aromatic rings. The Kier molecular flexibility index (Phi) is 6.34. The first-order valence-electron chi connectivity index (χ1n) is 8.82. The van der Waals surface area contributed by atoms with Crippen molar-refractivity contribution in [1.82, 2.24) is 15.5 Å². The maximum Gasteiger partial charge on any atom is 0.271 e. The molecule has 1 aliphatic rings. The average molecular weight is 340 g/mol. The molecule has 1 atom stereocenters. The van der Waals surface area contributed by atoms with Crippen molar-refractivity contribution < 1.29 is 9.53 Å². The van der Waals surface area contributed by atoms with Gasteiger partial charge in [0.2, 0.25) is 0 Å². The Morgan fingerprint density at radius 3 is 2.76 bits per heavy atom. The van der Waals surface area contributed by atoms with E-state index in [0.717, 1.165) is 38.8 Å². The summed E-state index contributed by atoms with van der Waals surface area (Å²) < 4.78 is 5.55. The smallest absolute Gasteiger partial charge is 0.271 e. The molecule has 0 bridgehead atoms. The van der Waals surface area contributed by atoms with Crippen molar-refractivity contribution in [2.75, 3.05) is 25.0 Å². The second-order valence-corrected chi connectivity index (χ2v) is 6.16. The molecule has 2 heterocycles. The number of nitrogens with zero attached hydrogens (tertiary/aromatic N) is 2. The van der Waals surface area contributed by atoms with Crippen molar-refractivity contribution in [2.45, 2.75) is 31.8 Å². The molecule has 1 aromatic heterocycles. The zero-order valence-electron chi connectivity index (χ0n) is 14.3. The number of carbonyl (C=O) groups is 1. The molecule has 1 unspecified atom stereocenters. The summed E-state index contributed by atoms with van der Waals surface area (Å²) in [5.41, 5.74) is 1.61. The SMILES string of the molecule is O=C(NCCCc1ccccc1)c1ccc(NCC2CCCO2)nn1. The highest BCUT2D eigenvalue weighted by Gasteiger charge is 2.15. The van der Waals surface area contributed by atoms with Crippen LogP contribution in [0.5, 0.6) is 0 Å². The molecular formula is C19H24N4O2. The second kappa shape index (κ2) is 9.13. The van der Waals surface area contributed by atoms with Gasteiger partial charge in [-0.1, -0.05) is 30.3 Å². The van der Waals surface area contributed by atoms with Crippen LogP contribution in [0.25, 0.3) is 0 Å². The number of aryl methyl sites for hydroxylation is 1. The van der Waals surface area contributed by atoms with Crippen molar-refractivity contribution >= 4 is 11.7 Å². The van der Waals surface area contributed by atoms with Gasteiger partial charge in [-0.05, 0) is 43.4 Å². The fourth-order valence-electron chi connectivity index (χ4n) is 2.80. The van der Waals surface area contributed by atoms with Gasteiger partial charge in [-0.2, -0.15) is 0 Å². The Hall–Kier alpha value is -2.47. The van der Waals surface area contributed by atoms with Gasteiger partial charge in [0, 0.05) is 19.7 Å². The molecule has 1 aromatic carbocycles. The van der Waals surface area contributed by atoms with Gasteiger partial charge >= 0.3 is 0 Å². The Labute approximate surface area is 148 Å². The molecular weight excluding hydrogens is 316 g/mol. The van der Waals surface area contributed by atoms with Gasteiger partial charge in [0.25, 0.3) is 5.91 Å². The quantitative estimate of drug-likeness (QED) is 0.722. The van der Waals surface area contributed by atoms with E-state index >= 15 is 0 Å². The monoisotopic (exact) mass is 340 g/mol. The molecule has 0 aliphatic carbocycles. The lowest BCUT2D eigenvalue weighted by Gasteiger charge is -2.10. The molecule has 0 spiro atoms. The maximum atomic E-state index is 12.1. The molecule has 1 amide bonds. The lowest BCUT2D eigenvalue weighted by Crippen LogP contribution is -2.26. The van der Waals surface area contributed by atoms with Gasteiger partial charge in [-0.3, -0.25) is 4.79 Å². The molecule has 3 rings (SSSR count). The van der Waals surface area contributed by atoms with E-state index < -0.39 is 0 Å². The predicted molar refractivity (Wildman–Crippen MR) is 96.6 cm³/mol. The van der Waals surface area contributed by atoms with Gasteiger partial charge in [-0.25, -0.2) is 0 Å².